The third-order valence-electron chi connectivity index (χ3n) is 2.06. The van der Waals surface area contributed by atoms with Crippen molar-refractivity contribution >= 4 is 11.5 Å². The number of hydrogen-bond donors (Lipinski definition) is 1. The van der Waals surface area contributed by atoms with Crippen molar-refractivity contribution in [1.29, 1.82) is 0 Å². The van der Waals surface area contributed by atoms with Gasteiger partial charge in [0.2, 0.25) is 0 Å². The Hall–Kier alpha value is -1.36. The van der Waals surface area contributed by atoms with Gasteiger partial charge in [0, 0.05) is 18.7 Å². The minimum Gasteiger partial charge on any atom is -0.365 e. The second-order valence-electron chi connectivity index (χ2n) is 3.21. The fraction of sp³-hybridized carbons (Fsp3) is 0.500. The summed E-state index contributed by atoms with van der Waals surface area (Å²) < 4.78 is 4.97. The number of nitrogens with zero attached hydrogens (tertiary/aromatic N) is 3. The summed E-state index contributed by atoms with van der Waals surface area (Å²) in [4.78, 5) is 6.18. The van der Waals surface area contributed by atoms with Gasteiger partial charge in [-0.05, 0) is 18.6 Å². The lowest BCUT2D eigenvalue weighted by Crippen LogP contribution is -2.25. The number of aromatic nitrogens is 2. The molecule has 1 aromatic rings. The molecular formula is C8H12N4O. The van der Waals surface area contributed by atoms with Crippen LogP contribution in [-0.2, 0) is 0 Å². The van der Waals surface area contributed by atoms with E-state index in [4.69, 9.17) is 10.3 Å². The van der Waals surface area contributed by atoms with Gasteiger partial charge in [-0.1, -0.05) is 6.08 Å². The van der Waals surface area contributed by atoms with E-state index in [-0.39, 0.29) is 5.95 Å². The van der Waals surface area contributed by atoms with Crippen molar-refractivity contribution in [3.05, 3.63) is 12.0 Å². The van der Waals surface area contributed by atoms with Crippen molar-refractivity contribution in [2.24, 2.45) is 0 Å². The highest BCUT2D eigenvalue weighted by Gasteiger charge is 2.15. The van der Waals surface area contributed by atoms with Crippen molar-refractivity contribution < 1.29 is 4.52 Å². The first kappa shape index (κ1) is 8.25. The zero-order valence-corrected chi connectivity index (χ0v) is 7.53. The summed E-state index contributed by atoms with van der Waals surface area (Å²) in [5.41, 5.74) is 6.43. The third kappa shape index (κ3) is 1.70. The van der Waals surface area contributed by atoms with Crippen LogP contribution in [0.1, 0.15) is 12.3 Å². The van der Waals surface area contributed by atoms with Gasteiger partial charge in [-0.15, -0.1) is 0 Å². The SMILES string of the molecule is CN1CCC=C(c2nc(N)no2)C1. The van der Waals surface area contributed by atoms with Crippen LogP contribution in [0.4, 0.5) is 5.95 Å². The number of nitrogen functional groups attached to an aromatic ring is 1. The summed E-state index contributed by atoms with van der Waals surface area (Å²) in [6, 6.07) is 0. The van der Waals surface area contributed by atoms with Gasteiger partial charge < -0.3 is 15.2 Å². The summed E-state index contributed by atoms with van der Waals surface area (Å²) in [7, 11) is 2.06. The second kappa shape index (κ2) is 3.18. The number of hydrogen-bond acceptors (Lipinski definition) is 5. The van der Waals surface area contributed by atoms with E-state index in [1.54, 1.807) is 0 Å². The van der Waals surface area contributed by atoms with Crippen LogP contribution in [0.3, 0.4) is 0 Å². The predicted molar refractivity (Wildman–Crippen MR) is 48.8 cm³/mol. The van der Waals surface area contributed by atoms with Gasteiger partial charge in [0.25, 0.3) is 11.8 Å². The van der Waals surface area contributed by atoms with Crippen LogP contribution in [0.15, 0.2) is 10.6 Å². The minimum absolute atomic E-state index is 0.198. The van der Waals surface area contributed by atoms with Crippen LogP contribution >= 0.6 is 0 Å². The summed E-state index contributed by atoms with van der Waals surface area (Å²) >= 11 is 0. The monoisotopic (exact) mass is 180 g/mol. The molecule has 2 N–H and O–H groups in total. The van der Waals surface area contributed by atoms with E-state index in [0.29, 0.717) is 5.89 Å². The van der Waals surface area contributed by atoms with Gasteiger partial charge in [-0.3, -0.25) is 0 Å². The maximum atomic E-state index is 5.36. The molecule has 0 saturated heterocycles. The summed E-state index contributed by atoms with van der Waals surface area (Å²) in [5.74, 6) is 0.744. The molecule has 5 heteroatoms. The average molecular weight is 180 g/mol. The van der Waals surface area contributed by atoms with Crippen LogP contribution in [0.5, 0.6) is 0 Å². The van der Waals surface area contributed by atoms with E-state index in [1.807, 2.05) is 0 Å². The molecule has 1 aliphatic rings. The molecule has 0 radical (unpaired) electrons. The fourth-order valence-corrected chi connectivity index (χ4v) is 1.41. The quantitative estimate of drug-likeness (QED) is 0.676. The smallest absolute Gasteiger partial charge is 0.261 e. The van der Waals surface area contributed by atoms with E-state index in [1.165, 1.54) is 0 Å². The Morgan fingerprint density at radius 1 is 1.62 bits per heavy atom. The van der Waals surface area contributed by atoms with Crippen LogP contribution < -0.4 is 5.73 Å². The fourth-order valence-electron chi connectivity index (χ4n) is 1.41. The summed E-state index contributed by atoms with van der Waals surface area (Å²) in [5, 5.41) is 3.55. The summed E-state index contributed by atoms with van der Waals surface area (Å²) in [6.45, 7) is 1.93. The Morgan fingerprint density at radius 3 is 3.08 bits per heavy atom. The zero-order valence-electron chi connectivity index (χ0n) is 7.53. The van der Waals surface area contributed by atoms with Gasteiger partial charge >= 0.3 is 0 Å². The lowest BCUT2D eigenvalue weighted by atomic mass is 10.1. The zero-order chi connectivity index (χ0) is 9.26. The van der Waals surface area contributed by atoms with Crippen molar-refractivity contribution in [3.8, 4) is 0 Å². The van der Waals surface area contributed by atoms with Crippen LogP contribution in [-0.4, -0.2) is 35.2 Å². The molecule has 0 amide bonds. The highest BCUT2D eigenvalue weighted by molar-refractivity contribution is 5.61. The van der Waals surface area contributed by atoms with Gasteiger partial charge in [0.15, 0.2) is 0 Å². The highest BCUT2D eigenvalue weighted by atomic mass is 16.5. The van der Waals surface area contributed by atoms with E-state index in [9.17, 15) is 0 Å². The summed E-state index contributed by atoms with van der Waals surface area (Å²) in [6.07, 6.45) is 3.14. The predicted octanol–water partition coefficient (Wildman–Crippen LogP) is 0.371. The molecule has 2 rings (SSSR count). The van der Waals surface area contributed by atoms with Gasteiger partial charge in [0.1, 0.15) is 0 Å². The molecule has 5 nitrogen and oxygen atoms in total. The minimum atomic E-state index is 0.198. The molecule has 0 fully saturated rings. The number of likely N-dealkylation sites (N-methyl/N-ethyl adjacent to an activating group) is 1. The Morgan fingerprint density at radius 2 is 2.46 bits per heavy atom. The lowest BCUT2D eigenvalue weighted by molar-refractivity contribution is 0.357. The van der Waals surface area contributed by atoms with Crippen molar-refractivity contribution in [2.75, 3.05) is 25.9 Å². The molecule has 0 saturated carbocycles. The number of rotatable bonds is 1. The van der Waals surface area contributed by atoms with Crippen molar-refractivity contribution in [1.82, 2.24) is 15.0 Å². The molecule has 13 heavy (non-hydrogen) atoms. The second-order valence-corrected chi connectivity index (χ2v) is 3.21. The van der Waals surface area contributed by atoms with E-state index >= 15 is 0 Å². The molecule has 0 atom stereocenters. The molecule has 0 aliphatic carbocycles. The Labute approximate surface area is 76.2 Å². The van der Waals surface area contributed by atoms with E-state index < -0.39 is 0 Å². The van der Waals surface area contributed by atoms with E-state index in [0.717, 1.165) is 25.1 Å². The number of nitrogens with two attached hydrogens (primary N) is 1. The average Bonchev–Trinajstić information content (AvgIpc) is 2.52. The molecule has 0 aromatic carbocycles. The van der Waals surface area contributed by atoms with Crippen molar-refractivity contribution in [3.63, 3.8) is 0 Å². The van der Waals surface area contributed by atoms with Gasteiger partial charge in [-0.25, -0.2) is 0 Å². The van der Waals surface area contributed by atoms with Gasteiger partial charge in [0.05, 0.1) is 0 Å². The molecule has 2 heterocycles. The largest absolute Gasteiger partial charge is 0.365 e. The molecule has 1 aromatic heterocycles. The molecular weight excluding hydrogens is 168 g/mol. The molecule has 0 bridgehead atoms. The normalized spacial score (nSPS) is 18.7. The molecule has 0 unspecified atom stereocenters. The van der Waals surface area contributed by atoms with E-state index in [2.05, 4.69) is 28.2 Å². The first-order chi connectivity index (χ1) is 6.25. The van der Waals surface area contributed by atoms with Crippen LogP contribution in [0.25, 0.3) is 5.57 Å². The standard InChI is InChI=1S/C8H12N4O/c1-12-4-2-3-6(5-12)7-10-8(9)11-13-7/h3H,2,4-5H2,1H3,(H2,9,11). The Balaban J connectivity index is 2.21. The Bertz CT molecular complexity index is 331. The highest BCUT2D eigenvalue weighted by Crippen LogP contribution is 2.18. The first-order valence-electron chi connectivity index (χ1n) is 4.23. The Kier molecular flexibility index (Phi) is 2.02. The lowest BCUT2D eigenvalue weighted by Gasteiger charge is -2.20. The molecule has 70 valence electrons. The third-order valence-corrected chi connectivity index (χ3v) is 2.06. The number of anilines is 1. The van der Waals surface area contributed by atoms with Crippen molar-refractivity contribution in [2.45, 2.75) is 6.42 Å². The first-order valence-corrected chi connectivity index (χ1v) is 4.23. The molecule has 0 spiro atoms. The van der Waals surface area contributed by atoms with Crippen LogP contribution in [0, 0.1) is 0 Å². The maximum absolute atomic E-state index is 5.36. The van der Waals surface area contributed by atoms with Gasteiger partial charge in [-0.2, -0.15) is 4.98 Å². The van der Waals surface area contributed by atoms with Crippen LogP contribution in [0.2, 0.25) is 0 Å². The molecule has 1 aliphatic heterocycles. The topological polar surface area (TPSA) is 68.2 Å². The maximum Gasteiger partial charge on any atom is 0.261 e.